The van der Waals surface area contributed by atoms with Gasteiger partial charge in [0.15, 0.2) is 0 Å². The number of hydrogen-bond acceptors (Lipinski definition) is 3. The van der Waals surface area contributed by atoms with Crippen molar-refractivity contribution in [3.05, 3.63) is 11.6 Å². The number of carbonyl (C=O) groups is 1. The van der Waals surface area contributed by atoms with E-state index in [4.69, 9.17) is 0 Å². The molecular formula is C13H23NO3S. The fraction of sp³-hybridized carbons (Fsp3) is 0.769. The number of allylic oxidation sites excluding steroid dienone is 2. The Morgan fingerprint density at radius 1 is 1.50 bits per heavy atom. The maximum absolute atomic E-state index is 11.9. The number of amides is 1. The van der Waals surface area contributed by atoms with Gasteiger partial charge in [-0.1, -0.05) is 32.4 Å². The Morgan fingerprint density at radius 2 is 2.11 bits per heavy atom. The Balaban J connectivity index is 2.69. The van der Waals surface area contributed by atoms with Gasteiger partial charge < -0.3 is 0 Å². The van der Waals surface area contributed by atoms with E-state index in [-0.39, 0.29) is 5.91 Å². The van der Waals surface area contributed by atoms with Crippen molar-refractivity contribution >= 4 is 15.9 Å². The smallest absolute Gasteiger partial charge is 0.239 e. The first kappa shape index (κ1) is 15.2. The molecule has 1 aliphatic carbocycles. The topological polar surface area (TPSA) is 63.2 Å². The maximum atomic E-state index is 11.9. The van der Waals surface area contributed by atoms with E-state index in [1.165, 1.54) is 5.57 Å². The van der Waals surface area contributed by atoms with E-state index in [0.717, 1.165) is 19.1 Å². The van der Waals surface area contributed by atoms with Gasteiger partial charge in [0.05, 0.1) is 11.7 Å². The second kappa shape index (κ2) is 5.43. The van der Waals surface area contributed by atoms with Crippen molar-refractivity contribution in [1.29, 1.82) is 0 Å². The summed E-state index contributed by atoms with van der Waals surface area (Å²) in [4.78, 5) is 11.9. The molecule has 0 saturated carbocycles. The van der Waals surface area contributed by atoms with Crippen molar-refractivity contribution in [2.75, 3.05) is 6.26 Å². The van der Waals surface area contributed by atoms with Crippen molar-refractivity contribution in [3.8, 4) is 0 Å². The van der Waals surface area contributed by atoms with Gasteiger partial charge in [-0.15, -0.1) is 0 Å². The summed E-state index contributed by atoms with van der Waals surface area (Å²) >= 11 is 0. The Labute approximate surface area is 110 Å². The van der Waals surface area contributed by atoms with Crippen LogP contribution in [0.2, 0.25) is 0 Å². The van der Waals surface area contributed by atoms with Gasteiger partial charge in [-0.05, 0) is 31.6 Å². The zero-order valence-corrected chi connectivity index (χ0v) is 12.4. The molecule has 0 heterocycles. The lowest BCUT2D eigenvalue weighted by Crippen LogP contribution is -2.42. The summed E-state index contributed by atoms with van der Waals surface area (Å²) in [6.07, 6.45) is 6.39. The van der Waals surface area contributed by atoms with Gasteiger partial charge in [-0.2, -0.15) is 0 Å². The summed E-state index contributed by atoms with van der Waals surface area (Å²) in [6.45, 7) is 6.17. The second-order valence-corrected chi connectivity index (χ2v) is 7.68. The van der Waals surface area contributed by atoms with E-state index in [0.29, 0.717) is 18.8 Å². The van der Waals surface area contributed by atoms with Crippen LogP contribution in [-0.2, 0) is 14.8 Å². The van der Waals surface area contributed by atoms with Crippen molar-refractivity contribution < 1.29 is 13.2 Å². The first-order chi connectivity index (χ1) is 8.12. The predicted molar refractivity (Wildman–Crippen MR) is 72.5 cm³/mol. The summed E-state index contributed by atoms with van der Waals surface area (Å²) < 4.78 is 24.3. The molecule has 1 aliphatic rings. The lowest BCUT2D eigenvalue weighted by atomic mass is 9.75. The largest absolute Gasteiger partial charge is 0.273 e. The highest BCUT2D eigenvalue weighted by atomic mass is 32.2. The van der Waals surface area contributed by atoms with Gasteiger partial charge in [0, 0.05) is 0 Å². The Morgan fingerprint density at radius 3 is 2.50 bits per heavy atom. The van der Waals surface area contributed by atoms with Crippen molar-refractivity contribution in [3.63, 3.8) is 0 Å². The molecule has 0 radical (unpaired) electrons. The first-order valence-corrected chi connectivity index (χ1v) is 8.22. The molecule has 0 bridgehead atoms. The normalized spacial score (nSPS) is 24.8. The molecule has 0 aromatic heterocycles. The summed E-state index contributed by atoms with van der Waals surface area (Å²) in [5.41, 5.74) is 0.790. The van der Waals surface area contributed by atoms with Crippen molar-refractivity contribution in [1.82, 2.24) is 4.72 Å². The van der Waals surface area contributed by atoms with E-state index in [9.17, 15) is 13.2 Å². The average molecular weight is 273 g/mol. The number of carbonyl (C=O) groups excluding carboxylic acids is 1. The third kappa shape index (κ3) is 4.44. The number of hydrogen-bond donors (Lipinski definition) is 1. The molecule has 104 valence electrons. The Kier molecular flexibility index (Phi) is 4.59. The average Bonchev–Trinajstić information content (AvgIpc) is 2.18. The molecule has 1 unspecified atom stereocenters. The molecule has 0 spiro atoms. The van der Waals surface area contributed by atoms with E-state index in [2.05, 4.69) is 24.6 Å². The molecule has 0 aromatic carbocycles. The molecule has 1 rings (SSSR count). The van der Waals surface area contributed by atoms with Gasteiger partial charge in [0.1, 0.15) is 0 Å². The van der Waals surface area contributed by atoms with Crippen molar-refractivity contribution in [2.24, 2.45) is 11.3 Å². The quantitative estimate of drug-likeness (QED) is 0.799. The van der Waals surface area contributed by atoms with Gasteiger partial charge in [0.2, 0.25) is 15.9 Å². The monoisotopic (exact) mass is 273 g/mol. The van der Waals surface area contributed by atoms with Crippen LogP contribution >= 0.6 is 0 Å². The standard InChI is InChI=1S/C13H23NO3S/c1-10(2)9-11-5-7-13(3,8-6-11)12(15)14-18(4,16)17/h5,10H,6-9H2,1-4H3,(H,14,15). The summed E-state index contributed by atoms with van der Waals surface area (Å²) in [5, 5.41) is 0. The molecule has 1 amide bonds. The van der Waals surface area contributed by atoms with Crippen LogP contribution in [0.15, 0.2) is 11.6 Å². The van der Waals surface area contributed by atoms with Crippen LogP contribution in [0.25, 0.3) is 0 Å². The number of sulfonamides is 1. The van der Waals surface area contributed by atoms with E-state index in [1.54, 1.807) is 0 Å². The molecule has 4 nitrogen and oxygen atoms in total. The minimum Gasteiger partial charge on any atom is -0.273 e. The Hall–Kier alpha value is -0.840. The van der Waals surface area contributed by atoms with E-state index < -0.39 is 15.4 Å². The summed E-state index contributed by atoms with van der Waals surface area (Å²) in [6, 6.07) is 0. The zero-order valence-electron chi connectivity index (χ0n) is 11.6. The fourth-order valence-corrected chi connectivity index (χ4v) is 2.80. The fourth-order valence-electron chi connectivity index (χ4n) is 2.22. The highest BCUT2D eigenvalue weighted by Gasteiger charge is 2.35. The minimum absolute atomic E-state index is 0.384. The van der Waals surface area contributed by atoms with E-state index in [1.807, 2.05) is 6.92 Å². The minimum atomic E-state index is -3.46. The SMILES string of the molecule is CC(C)CC1=CCC(C)(C(=O)NS(C)(=O)=O)CC1. The Bertz CT molecular complexity index is 451. The van der Waals surface area contributed by atoms with Gasteiger partial charge in [-0.3, -0.25) is 9.52 Å². The van der Waals surface area contributed by atoms with Crippen LogP contribution in [0.1, 0.15) is 46.5 Å². The summed E-state index contributed by atoms with van der Waals surface area (Å²) in [7, 11) is -3.46. The second-order valence-electron chi connectivity index (χ2n) is 5.93. The molecular weight excluding hydrogens is 250 g/mol. The van der Waals surface area contributed by atoms with Gasteiger partial charge in [0.25, 0.3) is 0 Å². The number of rotatable bonds is 4. The van der Waals surface area contributed by atoms with Crippen molar-refractivity contribution in [2.45, 2.75) is 46.5 Å². The van der Waals surface area contributed by atoms with Crippen LogP contribution in [0.3, 0.4) is 0 Å². The van der Waals surface area contributed by atoms with Crippen LogP contribution in [-0.4, -0.2) is 20.6 Å². The molecule has 1 N–H and O–H groups in total. The molecule has 0 aliphatic heterocycles. The third-order valence-electron chi connectivity index (χ3n) is 3.34. The van der Waals surface area contributed by atoms with Gasteiger partial charge in [-0.25, -0.2) is 8.42 Å². The predicted octanol–water partition coefficient (Wildman–Crippen LogP) is 2.22. The molecule has 18 heavy (non-hydrogen) atoms. The molecule has 0 saturated heterocycles. The highest BCUT2D eigenvalue weighted by Crippen LogP contribution is 2.37. The first-order valence-electron chi connectivity index (χ1n) is 6.32. The van der Waals surface area contributed by atoms with Crippen LogP contribution in [0.4, 0.5) is 0 Å². The number of nitrogens with one attached hydrogen (secondary N) is 1. The van der Waals surface area contributed by atoms with Crippen LogP contribution < -0.4 is 4.72 Å². The molecule has 0 aromatic rings. The molecule has 0 fully saturated rings. The molecule has 1 atom stereocenters. The lowest BCUT2D eigenvalue weighted by molar-refractivity contribution is -0.128. The van der Waals surface area contributed by atoms with Crippen LogP contribution in [0.5, 0.6) is 0 Å². The lowest BCUT2D eigenvalue weighted by Gasteiger charge is -2.31. The van der Waals surface area contributed by atoms with E-state index >= 15 is 0 Å². The highest BCUT2D eigenvalue weighted by molar-refractivity contribution is 7.89. The molecule has 5 heteroatoms. The third-order valence-corrected chi connectivity index (χ3v) is 3.89. The maximum Gasteiger partial charge on any atom is 0.239 e. The van der Waals surface area contributed by atoms with Gasteiger partial charge >= 0.3 is 0 Å². The zero-order chi connectivity index (χ0) is 14.0. The van der Waals surface area contributed by atoms with Crippen LogP contribution in [0, 0.1) is 11.3 Å². The summed E-state index contributed by atoms with van der Waals surface area (Å²) in [5.74, 6) is 0.232.